The number of benzene rings is 3. The number of ether oxygens (including phenoxy) is 1. The fraction of sp³-hybridized carbons (Fsp3) is 0.444. The molecule has 3 fully saturated rings. The number of anilines is 2. The first-order valence-corrected chi connectivity index (χ1v) is 16.1. The molecule has 3 aromatic rings. The van der Waals surface area contributed by atoms with Crippen molar-refractivity contribution in [1.82, 2.24) is 14.7 Å². The highest BCUT2D eigenvalue weighted by atomic mass is 16.5. The molecule has 6 rings (SSSR count). The summed E-state index contributed by atoms with van der Waals surface area (Å²) >= 11 is 0. The number of likely N-dealkylation sites (tertiary alicyclic amines) is 2. The molecule has 0 aromatic heterocycles. The van der Waals surface area contributed by atoms with Gasteiger partial charge >= 0.3 is 0 Å². The summed E-state index contributed by atoms with van der Waals surface area (Å²) in [5.41, 5.74) is 6.23. The smallest absolute Gasteiger partial charge is 0.255 e. The molecule has 3 heterocycles. The maximum absolute atomic E-state index is 13.5. The number of likely N-dealkylation sites (N-methyl/N-ethyl adjacent to an activating group) is 1. The molecule has 44 heavy (non-hydrogen) atoms. The number of hydrogen-bond donors (Lipinski definition) is 1. The topological polar surface area (TPSA) is 68.4 Å². The van der Waals surface area contributed by atoms with Crippen LogP contribution < -0.4 is 15.0 Å². The Morgan fingerprint density at radius 3 is 2.27 bits per heavy atom. The minimum absolute atomic E-state index is 0.141. The molecule has 1 atom stereocenters. The van der Waals surface area contributed by atoms with Crippen LogP contribution in [-0.2, 0) is 0 Å². The number of amides is 2. The van der Waals surface area contributed by atoms with Crippen LogP contribution in [0.5, 0.6) is 5.75 Å². The molecule has 3 aliphatic heterocycles. The van der Waals surface area contributed by atoms with Gasteiger partial charge in [0.05, 0.1) is 12.8 Å². The van der Waals surface area contributed by atoms with Gasteiger partial charge in [0.25, 0.3) is 11.8 Å². The summed E-state index contributed by atoms with van der Waals surface area (Å²) in [6.07, 6.45) is 4.72. The van der Waals surface area contributed by atoms with Gasteiger partial charge in [-0.25, -0.2) is 0 Å². The van der Waals surface area contributed by atoms with Gasteiger partial charge in [-0.2, -0.15) is 0 Å². The first-order chi connectivity index (χ1) is 21.4. The van der Waals surface area contributed by atoms with Crippen LogP contribution in [0.1, 0.15) is 52.0 Å². The normalized spacial score (nSPS) is 19.4. The third-order valence-electron chi connectivity index (χ3n) is 9.52. The fourth-order valence-corrected chi connectivity index (χ4v) is 6.91. The van der Waals surface area contributed by atoms with E-state index in [-0.39, 0.29) is 11.8 Å². The molecule has 3 aliphatic rings. The number of nitrogens with zero attached hydrogens (tertiary/aromatic N) is 4. The maximum atomic E-state index is 13.5. The van der Waals surface area contributed by atoms with Gasteiger partial charge in [0.2, 0.25) is 0 Å². The summed E-state index contributed by atoms with van der Waals surface area (Å²) in [5, 5.41) is 3.06. The molecule has 8 heteroatoms. The summed E-state index contributed by atoms with van der Waals surface area (Å²) in [6.45, 7) is 10.0. The third-order valence-corrected chi connectivity index (χ3v) is 9.52. The van der Waals surface area contributed by atoms with Gasteiger partial charge in [0.1, 0.15) is 5.75 Å². The highest BCUT2D eigenvalue weighted by molar-refractivity contribution is 6.05. The molecule has 0 saturated carbocycles. The van der Waals surface area contributed by atoms with Crippen molar-refractivity contribution in [2.75, 3.05) is 76.7 Å². The number of rotatable bonds is 8. The van der Waals surface area contributed by atoms with Crippen LogP contribution in [0.25, 0.3) is 11.1 Å². The van der Waals surface area contributed by atoms with E-state index in [1.165, 1.54) is 12.8 Å². The summed E-state index contributed by atoms with van der Waals surface area (Å²) in [6, 6.07) is 19.8. The van der Waals surface area contributed by atoms with Crippen LogP contribution in [0.4, 0.5) is 11.4 Å². The number of aryl methyl sites for hydroxylation is 1. The Morgan fingerprint density at radius 2 is 1.57 bits per heavy atom. The molecule has 0 radical (unpaired) electrons. The highest BCUT2D eigenvalue weighted by Crippen LogP contribution is 2.33. The number of piperazine rings is 1. The first-order valence-electron chi connectivity index (χ1n) is 16.1. The van der Waals surface area contributed by atoms with Gasteiger partial charge in [-0.1, -0.05) is 18.2 Å². The lowest BCUT2D eigenvalue weighted by Crippen LogP contribution is -2.44. The minimum Gasteiger partial charge on any atom is -0.495 e. The van der Waals surface area contributed by atoms with Crippen molar-refractivity contribution in [2.45, 2.75) is 38.6 Å². The Balaban J connectivity index is 1.11. The quantitative estimate of drug-likeness (QED) is 0.378. The van der Waals surface area contributed by atoms with Crippen LogP contribution in [0.15, 0.2) is 60.7 Å². The standard InChI is InChI=1S/C36H45N5O3/c1-26-23-29(36(43)41-18-6-7-31(41)25-39-16-4-5-17-39)12-14-32(26)27-8-10-28(11-9-27)35(42)37-30-13-15-34(44-3)33(24-30)40-21-19-38(2)20-22-40/h8-15,23-24,31H,4-7,16-22,25H2,1-3H3,(H,37,42). The second kappa shape index (κ2) is 13.4. The Morgan fingerprint density at radius 1 is 0.841 bits per heavy atom. The van der Waals surface area contributed by atoms with Gasteiger partial charge in [0.15, 0.2) is 0 Å². The van der Waals surface area contributed by atoms with Crippen molar-refractivity contribution in [3.63, 3.8) is 0 Å². The molecule has 0 spiro atoms. The molecule has 1 unspecified atom stereocenters. The van der Waals surface area contributed by atoms with Crippen molar-refractivity contribution in [3.8, 4) is 16.9 Å². The van der Waals surface area contributed by atoms with Crippen LogP contribution >= 0.6 is 0 Å². The monoisotopic (exact) mass is 595 g/mol. The number of carbonyl (C=O) groups is 2. The lowest BCUT2D eigenvalue weighted by Gasteiger charge is -2.34. The van der Waals surface area contributed by atoms with Crippen LogP contribution in [-0.4, -0.2) is 99.1 Å². The predicted molar refractivity (Wildman–Crippen MR) is 177 cm³/mol. The minimum atomic E-state index is -0.155. The van der Waals surface area contributed by atoms with E-state index in [9.17, 15) is 9.59 Å². The third kappa shape index (κ3) is 6.61. The molecule has 1 N–H and O–H groups in total. The Labute approximate surface area is 261 Å². The van der Waals surface area contributed by atoms with Gasteiger partial charge in [-0.05, 0) is 112 Å². The number of carbonyl (C=O) groups excluding carboxylic acids is 2. The second-order valence-corrected chi connectivity index (χ2v) is 12.5. The van der Waals surface area contributed by atoms with Crippen molar-refractivity contribution < 1.29 is 14.3 Å². The summed E-state index contributed by atoms with van der Waals surface area (Å²) in [4.78, 5) is 35.9. The molecular weight excluding hydrogens is 550 g/mol. The zero-order valence-electron chi connectivity index (χ0n) is 26.3. The molecule has 8 nitrogen and oxygen atoms in total. The molecule has 3 saturated heterocycles. The van der Waals surface area contributed by atoms with E-state index >= 15 is 0 Å². The van der Waals surface area contributed by atoms with Crippen LogP contribution in [0.3, 0.4) is 0 Å². The molecule has 232 valence electrons. The van der Waals surface area contributed by atoms with Crippen molar-refractivity contribution in [2.24, 2.45) is 0 Å². The van der Waals surface area contributed by atoms with Gasteiger partial charge in [-0.15, -0.1) is 0 Å². The highest BCUT2D eigenvalue weighted by Gasteiger charge is 2.31. The molecule has 0 bridgehead atoms. The summed E-state index contributed by atoms with van der Waals surface area (Å²) < 4.78 is 5.62. The Bertz CT molecular complexity index is 1480. The lowest BCUT2D eigenvalue weighted by atomic mass is 9.97. The lowest BCUT2D eigenvalue weighted by molar-refractivity contribution is 0.0708. The zero-order valence-corrected chi connectivity index (χ0v) is 26.3. The molecule has 2 amide bonds. The van der Waals surface area contributed by atoms with Crippen molar-refractivity contribution >= 4 is 23.2 Å². The van der Waals surface area contributed by atoms with E-state index in [2.05, 4.69) is 38.9 Å². The number of methoxy groups -OCH3 is 1. The molecule has 3 aromatic carbocycles. The summed E-state index contributed by atoms with van der Waals surface area (Å²) in [7, 11) is 3.81. The van der Waals surface area contributed by atoms with Crippen molar-refractivity contribution in [3.05, 3.63) is 77.4 Å². The van der Waals surface area contributed by atoms with E-state index in [1.807, 2.05) is 60.7 Å². The van der Waals surface area contributed by atoms with E-state index < -0.39 is 0 Å². The van der Waals surface area contributed by atoms with E-state index in [0.717, 1.165) is 105 Å². The van der Waals surface area contributed by atoms with E-state index in [4.69, 9.17) is 4.74 Å². The molecule has 0 aliphatic carbocycles. The predicted octanol–water partition coefficient (Wildman–Crippen LogP) is 5.38. The fourth-order valence-electron chi connectivity index (χ4n) is 6.91. The number of nitrogens with one attached hydrogen (secondary N) is 1. The largest absolute Gasteiger partial charge is 0.495 e. The Kier molecular flexibility index (Phi) is 9.19. The van der Waals surface area contributed by atoms with Gasteiger partial charge < -0.3 is 29.7 Å². The van der Waals surface area contributed by atoms with Crippen LogP contribution in [0, 0.1) is 6.92 Å². The second-order valence-electron chi connectivity index (χ2n) is 12.5. The first kappa shape index (κ1) is 30.2. The number of hydrogen-bond acceptors (Lipinski definition) is 6. The zero-order chi connectivity index (χ0) is 30.6. The summed E-state index contributed by atoms with van der Waals surface area (Å²) in [5.74, 6) is 0.794. The van der Waals surface area contributed by atoms with Crippen molar-refractivity contribution in [1.29, 1.82) is 0 Å². The van der Waals surface area contributed by atoms with Gasteiger partial charge in [-0.3, -0.25) is 9.59 Å². The maximum Gasteiger partial charge on any atom is 0.255 e. The SMILES string of the molecule is COc1ccc(NC(=O)c2ccc(-c3ccc(C(=O)N4CCCC4CN4CCCC4)cc3C)cc2)cc1N1CCN(C)CC1. The average Bonchev–Trinajstić information content (AvgIpc) is 3.74. The van der Waals surface area contributed by atoms with E-state index in [1.54, 1.807) is 7.11 Å². The van der Waals surface area contributed by atoms with Gasteiger partial charge in [0, 0.05) is 62.1 Å². The molecular formula is C36H45N5O3. The van der Waals surface area contributed by atoms with E-state index in [0.29, 0.717) is 11.6 Å². The Hall–Kier alpha value is -3.88. The average molecular weight is 596 g/mol. The van der Waals surface area contributed by atoms with Crippen LogP contribution in [0.2, 0.25) is 0 Å².